The molecule has 3 rings (SSSR count). The third-order valence-corrected chi connectivity index (χ3v) is 5.09. The third kappa shape index (κ3) is 5.66. The molecule has 0 bridgehead atoms. The molecule has 1 unspecified atom stereocenters. The van der Waals surface area contributed by atoms with Crippen LogP contribution >= 0.6 is 0 Å². The van der Waals surface area contributed by atoms with Crippen molar-refractivity contribution in [3.8, 4) is 5.75 Å². The van der Waals surface area contributed by atoms with E-state index in [1.54, 1.807) is 0 Å². The second-order valence-corrected chi connectivity index (χ2v) is 7.91. The van der Waals surface area contributed by atoms with Crippen LogP contribution in [-0.2, 0) is 16.1 Å². The van der Waals surface area contributed by atoms with Crippen molar-refractivity contribution in [1.29, 1.82) is 0 Å². The van der Waals surface area contributed by atoms with E-state index in [9.17, 15) is 9.59 Å². The normalized spacial score (nSPS) is 16.0. The largest absolute Gasteiger partial charge is 0.489 e. The molecule has 2 amide bonds. The number of hydrogen-bond donors (Lipinski definition) is 2. The maximum Gasteiger partial charge on any atom is 0.338 e. The molecule has 1 aliphatic rings. The van der Waals surface area contributed by atoms with Crippen molar-refractivity contribution >= 4 is 12.0 Å². The van der Waals surface area contributed by atoms with Gasteiger partial charge >= 0.3 is 12.0 Å². The number of carbonyl (C=O) groups is 2. The highest BCUT2D eigenvalue weighted by Gasteiger charge is 2.33. The Hall–Kier alpha value is -3.28. The van der Waals surface area contributed by atoms with Crippen LogP contribution in [0.15, 0.2) is 59.8 Å². The first-order chi connectivity index (χ1) is 14.9. The summed E-state index contributed by atoms with van der Waals surface area (Å²) in [4.78, 5) is 25.1. The fourth-order valence-corrected chi connectivity index (χ4v) is 3.52. The van der Waals surface area contributed by atoms with Crippen LogP contribution in [0.4, 0.5) is 4.79 Å². The summed E-state index contributed by atoms with van der Waals surface area (Å²) in [6.07, 6.45) is 1.13. The molecule has 0 spiro atoms. The zero-order valence-corrected chi connectivity index (χ0v) is 18.5. The summed E-state index contributed by atoms with van der Waals surface area (Å²) in [7, 11) is 0. The van der Waals surface area contributed by atoms with E-state index in [1.807, 2.05) is 63.2 Å². The topological polar surface area (TPSA) is 76.7 Å². The number of esters is 1. The minimum atomic E-state index is -0.577. The number of carbonyl (C=O) groups excluding carboxylic acids is 2. The number of benzene rings is 2. The maximum atomic E-state index is 12.8. The molecule has 0 aliphatic carbocycles. The first-order valence-corrected chi connectivity index (χ1v) is 10.7. The molecule has 164 valence electrons. The van der Waals surface area contributed by atoms with Crippen molar-refractivity contribution in [3.63, 3.8) is 0 Å². The molecule has 31 heavy (non-hydrogen) atoms. The van der Waals surface area contributed by atoms with Crippen molar-refractivity contribution in [2.45, 2.75) is 59.3 Å². The molecule has 1 aliphatic heterocycles. The van der Waals surface area contributed by atoms with Gasteiger partial charge in [0.15, 0.2) is 0 Å². The van der Waals surface area contributed by atoms with Gasteiger partial charge in [-0.25, -0.2) is 9.59 Å². The number of aryl methyl sites for hydroxylation is 1. The Kier molecular flexibility index (Phi) is 7.34. The number of hydrogen-bond acceptors (Lipinski definition) is 4. The number of urea groups is 1. The van der Waals surface area contributed by atoms with E-state index in [1.165, 1.54) is 5.56 Å². The molecule has 6 nitrogen and oxygen atoms in total. The lowest BCUT2D eigenvalue weighted by atomic mass is 9.93. The van der Waals surface area contributed by atoms with Crippen molar-refractivity contribution in [3.05, 3.63) is 76.5 Å². The molecule has 0 aromatic heterocycles. The zero-order valence-electron chi connectivity index (χ0n) is 18.5. The highest BCUT2D eigenvalue weighted by molar-refractivity contribution is 5.95. The monoisotopic (exact) mass is 422 g/mol. The summed E-state index contributed by atoms with van der Waals surface area (Å²) < 4.78 is 11.4. The number of rotatable bonds is 8. The maximum absolute atomic E-state index is 12.8. The van der Waals surface area contributed by atoms with Gasteiger partial charge in [0.25, 0.3) is 0 Å². The zero-order chi connectivity index (χ0) is 22.4. The average molecular weight is 423 g/mol. The minimum Gasteiger partial charge on any atom is -0.489 e. The second kappa shape index (κ2) is 10.2. The van der Waals surface area contributed by atoms with Crippen LogP contribution in [-0.4, -0.2) is 18.1 Å². The first-order valence-electron chi connectivity index (χ1n) is 10.7. The van der Waals surface area contributed by atoms with Gasteiger partial charge in [-0.15, -0.1) is 0 Å². The molecular weight excluding hydrogens is 392 g/mol. The summed E-state index contributed by atoms with van der Waals surface area (Å²) >= 11 is 0. The lowest BCUT2D eigenvalue weighted by Gasteiger charge is -2.30. The van der Waals surface area contributed by atoms with Gasteiger partial charge in [0, 0.05) is 5.70 Å². The Morgan fingerprint density at radius 2 is 1.81 bits per heavy atom. The van der Waals surface area contributed by atoms with Gasteiger partial charge in [-0.05, 0) is 56.0 Å². The summed E-state index contributed by atoms with van der Waals surface area (Å²) in [5.74, 6) is 0.298. The molecule has 1 atom stereocenters. The van der Waals surface area contributed by atoms with E-state index in [0.29, 0.717) is 24.3 Å². The summed E-state index contributed by atoms with van der Waals surface area (Å²) in [6, 6.07) is 14.6. The predicted molar refractivity (Wildman–Crippen MR) is 120 cm³/mol. The van der Waals surface area contributed by atoms with Crippen LogP contribution in [0.25, 0.3) is 0 Å². The molecule has 2 aromatic carbocycles. The molecular formula is C25H30N2O4. The molecule has 2 aromatic rings. The number of allylic oxidation sites excluding steroid dienone is 1. The second-order valence-electron chi connectivity index (χ2n) is 7.91. The van der Waals surface area contributed by atoms with Crippen LogP contribution < -0.4 is 15.4 Å². The van der Waals surface area contributed by atoms with E-state index in [4.69, 9.17) is 9.47 Å². The van der Waals surface area contributed by atoms with Crippen LogP contribution in [0.5, 0.6) is 5.75 Å². The molecule has 1 heterocycles. The highest BCUT2D eigenvalue weighted by atomic mass is 16.5. The molecule has 0 saturated carbocycles. The SMILES string of the molecule is CCCC1=C(C(=O)OC(C)C)C(c2ccc(OCc3ccccc3C)cc2)NC(=O)N1. The van der Waals surface area contributed by atoms with Gasteiger partial charge in [-0.3, -0.25) is 0 Å². The Bertz CT molecular complexity index is 964. The fourth-order valence-electron chi connectivity index (χ4n) is 3.52. The summed E-state index contributed by atoms with van der Waals surface area (Å²) in [5.41, 5.74) is 4.16. The predicted octanol–water partition coefficient (Wildman–Crippen LogP) is 4.93. The van der Waals surface area contributed by atoms with Gasteiger partial charge in [0.2, 0.25) is 0 Å². The summed E-state index contributed by atoms with van der Waals surface area (Å²) in [5, 5.41) is 5.64. The lowest BCUT2D eigenvalue weighted by Crippen LogP contribution is -2.46. The lowest BCUT2D eigenvalue weighted by molar-refractivity contribution is -0.143. The van der Waals surface area contributed by atoms with E-state index < -0.39 is 12.0 Å². The Morgan fingerprint density at radius 1 is 1.10 bits per heavy atom. The van der Waals surface area contributed by atoms with Crippen LogP contribution in [0, 0.1) is 6.92 Å². The molecule has 6 heteroatoms. The van der Waals surface area contributed by atoms with Crippen molar-refractivity contribution in [2.75, 3.05) is 0 Å². The summed E-state index contributed by atoms with van der Waals surface area (Å²) in [6.45, 7) is 8.15. The van der Waals surface area contributed by atoms with E-state index in [0.717, 1.165) is 23.3 Å². The first kappa shape index (κ1) is 22.4. The number of ether oxygens (including phenoxy) is 2. The number of nitrogens with one attached hydrogen (secondary N) is 2. The minimum absolute atomic E-state index is 0.252. The van der Waals surface area contributed by atoms with E-state index in [-0.39, 0.29) is 12.1 Å². The molecule has 0 saturated heterocycles. The molecule has 2 N–H and O–H groups in total. The average Bonchev–Trinajstić information content (AvgIpc) is 2.73. The van der Waals surface area contributed by atoms with Gasteiger partial charge in [-0.2, -0.15) is 0 Å². The van der Waals surface area contributed by atoms with Crippen LogP contribution in [0.1, 0.15) is 56.3 Å². The Labute approximate surface area is 183 Å². The Morgan fingerprint density at radius 3 is 2.45 bits per heavy atom. The smallest absolute Gasteiger partial charge is 0.338 e. The van der Waals surface area contributed by atoms with Crippen molar-refractivity contribution in [1.82, 2.24) is 10.6 Å². The van der Waals surface area contributed by atoms with E-state index >= 15 is 0 Å². The third-order valence-electron chi connectivity index (χ3n) is 5.09. The van der Waals surface area contributed by atoms with Crippen LogP contribution in [0.2, 0.25) is 0 Å². The molecule has 0 fully saturated rings. The van der Waals surface area contributed by atoms with Crippen molar-refractivity contribution in [2.24, 2.45) is 0 Å². The molecule has 0 radical (unpaired) electrons. The van der Waals surface area contributed by atoms with Crippen molar-refractivity contribution < 1.29 is 19.1 Å². The van der Waals surface area contributed by atoms with E-state index in [2.05, 4.69) is 23.6 Å². The number of amides is 2. The fraction of sp³-hybridized carbons (Fsp3) is 0.360. The van der Waals surface area contributed by atoms with Gasteiger partial charge < -0.3 is 20.1 Å². The van der Waals surface area contributed by atoms with Gasteiger partial charge in [-0.1, -0.05) is 49.7 Å². The van der Waals surface area contributed by atoms with Gasteiger partial charge in [0.05, 0.1) is 17.7 Å². The highest BCUT2D eigenvalue weighted by Crippen LogP contribution is 2.31. The Balaban J connectivity index is 1.83. The van der Waals surface area contributed by atoms with Crippen LogP contribution in [0.3, 0.4) is 0 Å². The standard InChI is InChI=1S/C25H30N2O4/c1-5-8-21-22(24(28)31-16(2)3)23(27-25(29)26-21)18-11-13-20(14-12-18)30-15-19-10-7-6-9-17(19)4/h6-7,9-14,16,23H,5,8,15H2,1-4H3,(H2,26,27,29). The van der Waals surface area contributed by atoms with Gasteiger partial charge in [0.1, 0.15) is 12.4 Å². The quantitative estimate of drug-likeness (QED) is 0.591.